The van der Waals surface area contributed by atoms with E-state index in [0.29, 0.717) is 0 Å². The molecule has 0 aromatic heterocycles. The number of rotatable bonds is 4. The van der Waals surface area contributed by atoms with Gasteiger partial charge in [0.1, 0.15) is 0 Å². The van der Waals surface area contributed by atoms with Crippen molar-refractivity contribution in [1.29, 1.82) is 0 Å². The monoisotopic (exact) mass is 356 g/mol. The molecule has 0 saturated heterocycles. The van der Waals surface area contributed by atoms with E-state index < -0.39 is 15.0 Å². The molecule has 0 fully saturated rings. The number of hydrogen-bond donors (Lipinski definition) is 0. The van der Waals surface area contributed by atoms with Crippen molar-refractivity contribution >= 4 is 0 Å². The van der Waals surface area contributed by atoms with Crippen LogP contribution in [0.4, 0.5) is 0 Å². The van der Waals surface area contributed by atoms with Crippen molar-refractivity contribution in [2.45, 2.75) is 35.7 Å². The van der Waals surface area contributed by atoms with Gasteiger partial charge in [-0.25, -0.2) is 0 Å². The average Bonchev–Trinajstić information content (AvgIpc) is 2.51. The molecule has 13 heavy (non-hydrogen) atoms. The van der Waals surface area contributed by atoms with Gasteiger partial charge in [0.15, 0.2) is 0 Å². The summed E-state index contributed by atoms with van der Waals surface area (Å²) in [6.07, 6.45) is 9.20. The van der Waals surface area contributed by atoms with Crippen molar-refractivity contribution < 1.29 is 15.0 Å². The molecule has 0 aromatic carbocycles. The Morgan fingerprint density at radius 3 is 2.77 bits per heavy atom. The zero-order chi connectivity index (χ0) is 9.90. The third kappa shape index (κ3) is 2.41. The van der Waals surface area contributed by atoms with Crippen molar-refractivity contribution in [3.8, 4) is 0 Å². The predicted molar refractivity (Wildman–Crippen MR) is 57.8 cm³/mol. The van der Waals surface area contributed by atoms with Crippen molar-refractivity contribution in [3.63, 3.8) is 0 Å². The van der Waals surface area contributed by atoms with Crippen LogP contribution in [0, 0.1) is 0 Å². The standard InChI is InChI=1S/C7H9.C3H5.2CH3.Os/c1-2-7-5-3-4-6-7;1-3-2;;;/h3,5H,2,4H2,1H3;3H,1-2H2;2*1H3;. The van der Waals surface area contributed by atoms with Crippen molar-refractivity contribution in [2.24, 2.45) is 0 Å². The Balaban J connectivity index is 2.87. The van der Waals surface area contributed by atoms with Gasteiger partial charge in [-0.2, -0.15) is 0 Å². The summed E-state index contributed by atoms with van der Waals surface area (Å²) in [6, 6.07) is 0. The Labute approximate surface area is 85.3 Å². The Morgan fingerprint density at radius 2 is 2.23 bits per heavy atom. The minimum absolute atomic E-state index is 1.21. The normalized spacial score (nSPS) is 18.1. The fourth-order valence-corrected chi connectivity index (χ4v) is 8.70. The van der Waals surface area contributed by atoms with Crippen LogP contribution in [0.5, 0.6) is 0 Å². The molecule has 1 aliphatic carbocycles. The van der Waals surface area contributed by atoms with Gasteiger partial charge in [0, 0.05) is 0 Å². The molecule has 0 unspecified atom stereocenters. The van der Waals surface area contributed by atoms with Crippen LogP contribution in [0.2, 0.25) is 15.9 Å². The minimum atomic E-state index is -1.74. The first-order valence-corrected chi connectivity index (χ1v) is 12.8. The molecule has 0 heterocycles. The van der Waals surface area contributed by atoms with E-state index >= 15 is 0 Å². The van der Waals surface area contributed by atoms with Gasteiger partial charge in [0.25, 0.3) is 0 Å². The first-order valence-electron chi connectivity index (χ1n) is 4.64. The Morgan fingerprint density at radius 1 is 1.54 bits per heavy atom. The van der Waals surface area contributed by atoms with E-state index in [-0.39, 0.29) is 0 Å². The van der Waals surface area contributed by atoms with Crippen LogP contribution in [0.25, 0.3) is 0 Å². The van der Waals surface area contributed by atoms with Gasteiger partial charge in [-0.05, 0) is 0 Å². The summed E-state index contributed by atoms with van der Waals surface area (Å²) >= 11 is -1.74. The van der Waals surface area contributed by atoms with Crippen molar-refractivity contribution in [1.82, 2.24) is 0 Å². The first kappa shape index (κ1) is 10.9. The summed E-state index contributed by atoms with van der Waals surface area (Å²) in [6.45, 7) is 6.14. The zero-order valence-corrected chi connectivity index (χ0v) is 11.5. The average molecular weight is 355 g/mol. The molecule has 1 rings (SSSR count). The van der Waals surface area contributed by atoms with Gasteiger partial charge in [0.2, 0.25) is 0 Å². The molecule has 0 amide bonds. The van der Waals surface area contributed by atoms with Gasteiger partial charge >= 0.3 is 85.2 Å². The molecule has 0 bridgehead atoms. The summed E-state index contributed by atoms with van der Waals surface area (Å²) < 4.78 is 1.80. The predicted octanol–water partition coefficient (Wildman–Crippen LogP) is 4.46. The maximum atomic E-state index is 3.87. The van der Waals surface area contributed by atoms with E-state index in [1.807, 2.05) is 0 Å². The van der Waals surface area contributed by atoms with Gasteiger partial charge in [0.05, 0.1) is 0 Å². The summed E-state index contributed by atoms with van der Waals surface area (Å²) in [7, 11) is 0. The topological polar surface area (TPSA) is 0 Å². The third-order valence-corrected chi connectivity index (χ3v) is 11.2. The molecular weight excluding hydrogens is 334 g/mol. The number of hydrogen-bond acceptors (Lipinski definition) is 0. The van der Waals surface area contributed by atoms with Crippen LogP contribution in [0.1, 0.15) is 19.8 Å². The molecule has 1 heteroatoms. The van der Waals surface area contributed by atoms with Gasteiger partial charge in [-0.3, -0.25) is 0 Å². The van der Waals surface area contributed by atoms with Crippen molar-refractivity contribution in [3.05, 3.63) is 34.5 Å². The fraction of sp³-hybridized carbons (Fsp3) is 0.500. The molecule has 1 aliphatic rings. The quantitative estimate of drug-likeness (QED) is 0.654. The molecule has 0 aliphatic heterocycles. The molecule has 0 nitrogen and oxygen atoms in total. The molecule has 0 atom stereocenters. The molecule has 0 radical (unpaired) electrons. The van der Waals surface area contributed by atoms with Crippen LogP contribution < -0.4 is 0 Å². The summed E-state index contributed by atoms with van der Waals surface area (Å²) in [5.41, 5.74) is 6.63. The van der Waals surface area contributed by atoms with E-state index in [1.165, 1.54) is 17.8 Å². The first-order chi connectivity index (χ1) is 6.11. The van der Waals surface area contributed by atoms with E-state index in [0.717, 1.165) is 0 Å². The van der Waals surface area contributed by atoms with Crippen molar-refractivity contribution in [2.75, 3.05) is 0 Å². The van der Waals surface area contributed by atoms with Crippen LogP contribution in [-0.4, -0.2) is 0 Å². The molecule has 0 N–H and O–H groups in total. The van der Waals surface area contributed by atoms with Gasteiger partial charge in [-0.15, -0.1) is 0 Å². The molecule has 0 aromatic rings. The second kappa shape index (κ2) is 4.38. The number of allylic oxidation sites excluding steroid dienone is 5. The summed E-state index contributed by atoms with van der Waals surface area (Å²) in [4.78, 5) is 1.27. The Kier molecular flexibility index (Phi) is 3.69. The molecule has 0 spiro atoms. The third-order valence-electron chi connectivity index (χ3n) is 2.37. The second-order valence-electron chi connectivity index (χ2n) is 3.64. The van der Waals surface area contributed by atoms with E-state index in [4.69, 9.17) is 0 Å². The summed E-state index contributed by atoms with van der Waals surface area (Å²) in [5, 5.41) is 0. The molecular formula is C12H20Os. The van der Waals surface area contributed by atoms with Crippen LogP contribution in [0.3, 0.4) is 0 Å². The van der Waals surface area contributed by atoms with E-state index in [1.54, 1.807) is 9.70 Å². The van der Waals surface area contributed by atoms with Gasteiger partial charge in [-0.1, -0.05) is 0 Å². The SMILES string of the molecule is C=C[CH2][Os]([CH3])([CH3])[C]1=C(CC)C=CC1. The molecule has 76 valence electrons. The maximum absolute atomic E-state index is 3.87. The van der Waals surface area contributed by atoms with E-state index in [2.05, 4.69) is 42.7 Å². The van der Waals surface area contributed by atoms with Crippen LogP contribution >= 0.6 is 0 Å². The van der Waals surface area contributed by atoms with Crippen LogP contribution in [0.15, 0.2) is 34.5 Å². The van der Waals surface area contributed by atoms with Crippen LogP contribution in [-0.2, 0) is 15.0 Å². The summed E-state index contributed by atoms with van der Waals surface area (Å²) in [5.74, 6) is 0. The molecule has 0 saturated carbocycles. The fourth-order valence-electron chi connectivity index (χ4n) is 1.67. The van der Waals surface area contributed by atoms with E-state index in [9.17, 15) is 0 Å². The Bertz CT molecular complexity index is 256. The van der Waals surface area contributed by atoms with Gasteiger partial charge < -0.3 is 0 Å². The zero-order valence-electron chi connectivity index (χ0n) is 8.91. The Hall–Kier alpha value is -0.144. The second-order valence-corrected chi connectivity index (χ2v) is 15.8.